The summed E-state index contributed by atoms with van der Waals surface area (Å²) in [4.78, 5) is 15.2. The fourth-order valence-electron chi connectivity index (χ4n) is 3.84. The molecule has 1 saturated heterocycles. The van der Waals surface area contributed by atoms with E-state index in [-0.39, 0.29) is 5.41 Å². The van der Waals surface area contributed by atoms with Gasteiger partial charge in [-0.15, -0.1) is 0 Å². The molecule has 1 heterocycles. The van der Waals surface area contributed by atoms with Gasteiger partial charge in [-0.25, -0.2) is 0 Å². The average Bonchev–Trinajstić information content (AvgIpc) is 3.41. The number of amides is 1. The molecule has 1 aliphatic carbocycles. The second-order valence-corrected chi connectivity index (χ2v) is 6.91. The van der Waals surface area contributed by atoms with Crippen molar-refractivity contribution in [2.75, 3.05) is 33.8 Å². The summed E-state index contributed by atoms with van der Waals surface area (Å²) in [7, 11) is 3.69. The van der Waals surface area contributed by atoms with E-state index in [1.807, 2.05) is 25.2 Å². The number of para-hydroxylation sites is 1. The molecule has 0 bridgehead atoms. The van der Waals surface area contributed by atoms with Crippen LogP contribution in [-0.4, -0.2) is 44.6 Å². The highest BCUT2D eigenvalue weighted by molar-refractivity contribution is 5.92. The molecule has 23 heavy (non-hydrogen) atoms. The molecule has 2 fully saturated rings. The van der Waals surface area contributed by atoms with Crippen molar-refractivity contribution in [3.63, 3.8) is 0 Å². The van der Waals surface area contributed by atoms with Crippen molar-refractivity contribution in [3.8, 4) is 5.75 Å². The van der Waals surface area contributed by atoms with E-state index < -0.39 is 0 Å². The third-order valence-electron chi connectivity index (χ3n) is 5.49. The summed E-state index contributed by atoms with van der Waals surface area (Å²) in [6.07, 6.45) is 5.39. The third kappa shape index (κ3) is 3.23. The van der Waals surface area contributed by atoms with Crippen molar-refractivity contribution in [3.05, 3.63) is 29.8 Å². The van der Waals surface area contributed by atoms with E-state index in [1.54, 1.807) is 7.11 Å². The number of hydrogen-bond acceptors (Lipinski definition) is 3. The van der Waals surface area contributed by atoms with Gasteiger partial charge in [-0.05, 0) is 57.7 Å². The molecule has 4 nitrogen and oxygen atoms in total. The molecule has 0 spiro atoms. The molecule has 2 aliphatic rings. The maximum Gasteiger partial charge on any atom is 0.233 e. The molecule has 1 saturated carbocycles. The van der Waals surface area contributed by atoms with Gasteiger partial charge in [0.2, 0.25) is 5.91 Å². The number of carbonyl (C=O) groups excluding carboxylic acids is 1. The Hall–Kier alpha value is -1.55. The maximum absolute atomic E-state index is 13.1. The fraction of sp³-hybridized carbons (Fsp3) is 0.632. The molecule has 1 amide bonds. The first-order chi connectivity index (χ1) is 11.2. The lowest BCUT2D eigenvalue weighted by atomic mass is 9.89. The second kappa shape index (κ2) is 6.91. The molecule has 0 unspecified atom stereocenters. The molecule has 0 aromatic heterocycles. The molecule has 126 valence electrons. The summed E-state index contributed by atoms with van der Waals surface area (Å²) in [6.45, 7) is 2.89. The maximum atomic E-state index is 13.1. The van der Waals surface area contributed by atoms with E-state index in [0.29, 0.717) is 5.91 Å². The molecular formula is C19H28N2O2. The molecule has 1 aromatic rings. The number of carbonyl (C=O) groups is 1. The predicted molar refractivity (Wildman–Crippen MR) is 91.8 cm³/mol. The van der Waals surface area contributed by atoms with E-state index in [9.17, 15) is 4.79 Å². The van der Waals surface area contributed by atoms with Crippen LogP contribution in [0, 0.1) is 5.92 Å². The monoisotopic (exact) mass is 316 g/mol. The fourth-order valence-corrected chi connectivity index (χ4v) is 3.84. The number of hydrogen-bond donors (Lipinski definition) is 1. The van der Waals surface area contributed by atoms with Crippen LogP contribution in [0.1, 0.15) is 37.7 Å². The van der Waals surface area contributed by atoms with E-state index in [0.717, 1.165) is 62.5 Å². The van der Waals surface area contributed by atoms with Crippen LogP contribution in [0.5, 0.6) is 5.75 Å². The Morgan fingerprint density at radius 1 is 1.30 bits per heavy atom. The SMILES string of the molecule is CNCCC1CCN(C(=O)C2(c3ccccc3OC)CC2)CC1. The minimum atomic E-state index is -0.315. The van der Waals surface area contributed by atoms with E-state index in [1.165, 1.54) is 6.42 Å². The Kier molecular flexibility index (Phi) is 4.90. The van der Waals surface area contributed by atoms with Crippen LogP contribution in [-0.2, 0) is 10.2 Å². The van der Waals surface area contributed by atoms with E-state index in [2.05, 4.69) is 16.3 Å². The molecule has 1 aliphatic heterocycles. The van der Waals surface area contributed by atoms with Crippen LogP contribution in [0.25, 0.3) is 0 Å². The van der Waals surface area contributed by atoms with Crippen molar-refractivity contribution in [2.24, 2.45) is 5.92 Å². The lowest BCUT2D eigenvalue weighted by Gasteiger charge is -2.35. The molecule has 1 aromatic carbocycles. The van der Waals surface area contributed by atoms with Crippen molar-refractivity contribution >= 4 is 5.91 Å². The van der Waals surface area contributed by atoms with E-state index in [4.69, 9.17) is 4.74 Å². The van der Waals surface area contributed by atoms with Gasteiger partial charge in [-0.3, -0.25) is 4.79 Å². The number of ether oxygens (including phenoxy) is 1. The van der Waals surface area contributed by atoms with Crippen LogP contribution in [0.3, 0.4) is 0 Å². The van der Waals surface area contributed by atoms with Crippen LogP contribution in [0.15, 0.2) is 24.3 Å². The smallest absolute Gasteiger partial charge is 0.233 e. The summed E-state index contributed by atoms with van der Waals surface area (Å²) in [5, 5.41) is 3.22. The standard InChI is InChI=1S/C19H28N2O2/c1-20-12-7-15-8-13-21(14-9-15)18(22)19(10-11-19)16-5-3-4-6-17(16)23-2/h3-6,15,20H,7-14H2,1-2H3. The number of likely N-dealkylation sites (tertiary alicyclic amines) is 1. The summed E-state index contributed by atoms with van der Waals surface area (Å²) in [5.74, 6) is 1.92. The third-order valence-corrected chi connectivity index (χ3v) is 5.49. The summed E-state index contributed by atoms with van der Waals surface area (Å²) >= 11 is 0. The Morgan fingerprint density at radius 3 is 2.61 bits per heavy atom. The van der Waals surface area contributed by atoms with Gasteiger partial charge >= 0.3 is 0 Å². The largest absolute Gasteiger partial charge is 0.496 e. The molecule has 4 heteroatoms. The Labute approximate surface area is 139 Å². The molecular weight excluding hydrogens is 288 g/mol. The second-order valence-electron chi connectivity index (χ2n) is 6.91. The topological polar surface area (TPSA) is 41.6 Å². The summed E-state index contributed by atoms with van der Waals surface area (Å²) in [6, 6.07) is 8.00. The minimum Gasteiger partial charge on any atom is -0.496 e. The highest BCUT2D eigenvalue weighted by Crippen LogP contribution is 2.52. The lowest BCUT2D eigenvalue weighted by molar-refractivity contribution is -0.135. The number of nitrogens with one attached hydrogen (secondary N) is 1. The first-order valence-electron chi connectivity index (χ1n) is 8.79. The summed E-state index contributed by atoms with van der Waals surface area (Å²) < 4.78 is 5.49. The van der Waals surface area contributed by atoms with Gasteiger partial charge in [0.15, 0.2) is 0 Å². The van der Waals surface area contributed by atoms with Crippen molar-refractivity contribution in [1.29, 1.82) is 0 Å². The van der Waals surface area contributed by atoms with Crippen LogP contribution < -0.4 is 10.1 Å². The van der Waals surface area contributed by atoms with Gasteiger partial charge in [0.05, 0.1) is 12.5 Å². The molecule has 3 rings (SSSR count). The number of methoxy groups -OCH3 is 1. The Morgan fingerprint density at radius 2 is 2.00 bits per heavy atom. The quantitative estimate of drug-likeness (QED) is 0.877. The Bertz CT molecular complexity index is 546. The van der Waals surface area contributed by atoms with Crippen molar-refractivity contribution in [1.82, 2.24) is 10.2 Å². The summed E-state index contributed by atoms with van der Waals surface area (Å²) in [5.41, 5.74) is 0.759. The van der Waals surface area contributed by atoms with Gasteiger partial charge in [-0.1, -0.05) is 18.2 Å². The normalized spacial score (nSPS) is 20.3. The highest BCUT2D eigenvalue weighted by Gasteiger charge is 2.54. The zero-order chi connectivity index (χ0) is 16.3. The van der Waals surface area contributed by atoms with Gasteiger partial charge in [0.1, 0.15) is 5.75 Å². The first kappa shape index (κ1) is 16.3. The van der Waals surface area contributed by atoms with Crippen molar-refractivity contribution in [2.45, 2.75) is 37.5 Å². The number of benzene rings is 1. The minimum absolute atomic E-state index is 0.314. The molecule has 0 atom stereocenters. The van der Waals surface area contributed by atoms with E-state index >= 15 is 0 Å². The average molecular weight is 316 g/mol. The molecule has 0 radical (unpaired) electrons. The van der Waals surface area contributed by atoms with Gasteiger partial charge < -0.3 is 15.0 Å². The zero-order valence-electron chi connectivity index (χ0n) is 14.3. The molecule has 1 N–H and O–H groups in total. The Balaban J connectivity index is 1.67. The van der Waals surface area contributed by atoms with Crippen LogP contribution >= 0.6 is 0 Å². The number of piperidine rings is 1. The van der Waals surface area contributed by atoms with Crippen LogP contribution in [0.4, 0.5) is 0 Å². The van der Waals surface area contributed by atoms with Gasteiger partial charge in [-0.2, -0.15) is 0 Å². The van der Waals surface area contributed by atoms with Crippen LogP contribution in [0.2, 0.25) is 0 Å². The predicted octanol–water partition coefficient (Wildman–Crippen LogP) is 2.57. The van der Waals surface area contributed by atoms with Crippen molar-refractivity contribution < 1.29 is 9.53 Å². The number of rotatable bonds is 6. The first-order valence-corrected chi connectivity index (χ1v) is 8.79. The number of nitrogens with zero attached hydrogens (tertiary/aromatic N) is 1. The van der Waals surface area contributed by atoms with Gasteiger partial charge in [0.25, 0.3) is 0 Å². The lowest BCUT2D eigenvalue weighted by Crippen LogP contribution is -2.44. The highest BCUT2D eigenvalue weighted by atomic mass is 16.5. The zero-order valence-corrected chi connectivity index (χ0v) is 14.3. The van der Waals surface area contributed by atoms with Gasteiger partial charge in [0, 0.05) is 18.7 Å².